The van der Waals surface area contributed by atoms with Gasteiger partial charge in [0.1, 0.15) is 6.54 Å². The number of benzene rings is 1. The van der Waals surface area contributed by atoms with E-state index in [0.717, 1.165) is 25.7 Å². The lowest BCUT2D eigenvalue weighted by Gasteiger charge is -2.26. The second kappa shape index (κ2) is 9.05. The molecule has 6 nitrogen and oxygen atoms in total. The first kappa shape index (κ1) is 18.0. The van der Waals surface area contributed by atoms with Gasteiger partial charge in [0.15, 0.2) is 6.61 Å². The lowest BCUT2D eigenvalue weighted by molar-refractivity contribution is -0.147. The van der Waals surface area contributed by atoms with Gasteiger partial charge in [0.05, 0.1) is 0 Å². The van der Waals surface area contributed by atoms with E-state index < -0.39 is 5.97 Å². The summed E-state index contributed by atoms with van der Waals surface area (Å²) in [5.41, 5.74) is 0.467. The van der Waals surface area contributed by atoms with Crippen LogP contribution in [0.2, 0.25) is 0 Å². The number of carbonyl (C=O) groups is 3. The van der Waals surface area contributed by atoms with Crippen LogP contribution in [0.3, 0.4) is 0 Å². The predicted octanol–water partition coefficient (Wildman–Crippen LogP) is 1.65. The summed E-state index contributed by atoms with van der Waals surface area (Å²) in [5.74, 6) is -0.568. The van der Waals surface area contributed by atoms with Gasteiger partial charge in [-0.1, -0.05) is 25.1 Å². The number of amides is 2. The molecule has 2 rings (SSSR count). The number of hydrogen-bond acceptors (Lipinski definition) is 4. The summed E-state index contributed by atoms with van der Waals surface area (Å²) >= 11 is 0. The Labute approximate surface area is 142 Å². The summed E-state index contributed by atoms with van der Waals surface area (Å²) in [4.78, 5) is 35.2. The van der Waals surface area contributed by atoms with Gasteiger partial charge in [-0.15, -0.1) is 0 Å². The minimum absolute atomic E-state index is 0.171. The van der Waals surface area contributed by atoms with Crippen LogP contribution in [-0.4, -0.2) is 37.0 Å². The maximum atomic E-state index is 11.8. The molecule has 0 atom stereocenters. The highest BCUT2D eigenvalue weighted by atomic mass is 16.5. The summed E-state index contributed by atoms with van der Waals surface area (Å²) in [5, 5.41) is 5.35. The monoisotopic (exact) mass is 332 g/mol. The third-order valence-corrected chi connectivity index (χ3v) is 4.17. The zero-order valence-electron chi connectivity index (χ0n) is 13.9. The molecule has 1 aliphatic rings. The van der Waals surface area contributed by atoms with E-state index in [1.54, 1.807) is 30.3 Å². The van der Waals surface area contributed by atoms with Crippen molar-refractivity contribution in [2.45, 2.75) is 38.6 Å². The number of ether oxygens (including phenoxy) is 1. The average molecular weight is 332 g/mol. The summed E-state index contributed by atoms with van der Waals surface area (Å²) in [6, 6.07) is 8.76. The minimum Gasteiger partial charge on any atom is -0.454 e. The number of hydrogen-bond donors (Lipinski definition) is 2. The van der Waals surface area contributed by atoms with Crippen LogP contribution in [0.25, 0.3) is 0 Å². The van der Waals surface area contributed by atoms with Gasteiger partial charge in [-0.25, -0.2) is 0 Å². The van der Waals surface area contributed by atoms with Crippen molar-refractivity contribution >= 4 is 17.8 Å². The number of nitrogens with one attached hydrogen (secondary N) is 2. The van der Waals surface area contributed by atoms with Crippen LogP contribution in [0.4, 0.5) is 0 Å². The van der Waals surface area contributed by atoms with E-state index in [1.807, 2.05) is 0 Å². The zero-order chi connectivity index (χ0) is 17.4. The molecule has 2 N–H and O–H groups in total. The van der Waals surface area contributed by atoms with Crippen LogP contribution >= 0.6 is 0 Å². The Morgan fingerprint density at radius 2 is 1.75 bits per heavy atom. The molecule has 2 amide bonds. The van der Waals surface area contributed by atoms with Crippen molar-refractivity contribution in [1.82, 2.24) is 10.6 Å². The SMILES string of the molecule is CC1CCC(NC(=O)COC(=O)CNC(=O)c2ccccc2)CC1. The van der Waals surface area contributed by atoms with Crippen molar-refractivity contribution in [3.63, 3.8) is 0 Å². The molecule has 6 heteroatoms. The normalized spacial score (nSPS) is 20.0. The average Bonchev–Trinajstić information content (AvgIpc) is 2.60. The standard InChI is InChI=1S/C18H24N2O4/c1-13-7-9-15(10-8-13)20-16(21)12-24-17(22)11-19-18(23)14-5-3-2-4-6-14/h2-6,13,15H,7-12H2,1H3,(H,19,23)(H,20,21). The topological polar surface area (TPSA) is 84.5 Å². The van der Waals surface area contributed by atoms with Crippen molar-refractivity contribution < 1.29 is 19.1 Å². The molecule has 0 aliphatic heterocycles. The predicted molar refractivity (Wildman–Crippen MR) is 89.3 cm³/mol. The van der Waals surface area contributed by atoms with Gasteiger partial charge in [0, 0.05) is 11.6 Å². The lowest BCUT2D eigenvalue weighted by atomic mass is 9.87. The molecule has 1 aromatic rings. The van der Waals surface area contributed by atoms with Crippen molar-refractivity contribution in [2.24, 2.45) is 5.92 Å². The Hall–Kier alpha value is -2.37. The molecule has 0 saturated heterocycles. The van der Waals surface area contributed by atoms with Gasteiger partial charge in [-0.2, -0.15) is 0 Å². The van der Waals surface area contributed by atoms with Crippen LogP contribution in [-0.2, 0) is 14.3 Å². The molecule has 1 aliphatic carbocycles. The molecule has 24 heavy (non-hydrogen) atoms. The maximum Gasteiger partial charge on any atom is 0.325 e. The van der Waals surface area contributed by atoms with Gasteiger partial charge in [0.2, 0.25) is 0 Å². The van der Waals surface area contributed by atoms with Crippen molar-refractivity contribution in [3.8, 4) is 0 Å². The van der Waals surface area contributed by atoms with Gasteiger partial charge in [-0.3, -0.25) is 14.4 Å². The first-order chi connectivity index (χ1) is 11.5. The molecule has 0 heterocycles. The zero-order valence-corrected chi connectivity index (χ0v) is 13.9. The summed E-state index contributed by atoms with van der Waals surface area (Å²) in [7, 11) is 0. The van der Waals surface area contributed by atoms with Gasteiger partial charge in [0.25, 0.3) is 11.8 Å². The second-order valence-electron chi connectivity index (χ2n) is 6.23. The minimum atomic E-state index is -0.633. The molecular formula is C18H24N2O4. The fourth-order valence-corrected chi connectivity index (χ4v) is 2.71. The van der Waals surface area contributed by atoms with E-state index in [2.05, 4.69) is 17.6 Å². The summed E-state index contributed by atoms with van der Waals surface area (Å²) < 4.78 is 4.89. The van der Waals surface area contributed by atoms with Crippen LogP contribution in [0.1, 0.15) is 43.0 Å². The first-order valence-corrected chi connectivity index (χ1v) is 8.33. The highest BCUT2D eigenvalue weighted by Gasteiger charge is 2.20. The summed E-state index contributed by atoms with van der Waals surface area (Å²) in [6.07, 6.45) is 4.15. The van der Waals surface area contributed by atoms with Crippen LogP contribution < -0.4 is 10.6 Å². The Morgan fingerprint density at radius 3 is 2.42 bits per heavy atom. The molecule has 0 unspecified atom stereocenters. The van der Waals surface area contributed by atoms with E-state index in [-0.39, 0.29) is 31.0 Å². The molecule has 0 radical (unpaired) electrons. The third kappa shape index (κ3) is 6.02. The maximum absolute atomic E-state index is 11.8. The van der Waals surface area contributed by atoms with E-state index in [4.69, 9.17) is 4.74 Å². The highest BCUT2D eigenvalue weighted by molar-refractivity contribution is 5.96. The number of esters is 1. The van der Waals surface area contributed by atoms with E-state index in [9.17, 15) is 14.4 Å². The molecule has 0 aromatic heterocycles. The second-order valence-corrected chi connectivity index (χ2v) is 6.23. The van der Waals surface area contributed by atoms with Gasteiger partial charge >= 0.3 is 5.97 Å². The molecule has 0 bridgehead atoms. The largest absolute Gasteiger partial charge is 0.454 e. The molecule has 0 spiro atoms. The fourth-order valence-electron chi connectivity index (χ4n) is 2.71. The Kier molecular flexibility index (Phi) is 6.78. The van der Waals surface area contributed by atoms with E-state index >= 15 is 0 Å². The van der Waals surface area contributed by atoms with E-state index in [0.29, 0.717) is 11.5 Å². The van der Waals surface area contributed by atoms with Crippen LogP contribution in [0.5, 0.6) is 0 Å². The van der Waals surface area contributed by atoms with Crippen LogP contribution in [0.15, 0.2) is 30.3 Å². The third-order valence-electron chi connectivity index (χ3n) is 4.17. The van der Waals surface area contributed by atoms with Gasteiger partial charge in [-0.05, 0) is 43.7 Å². The smallest absolute Gasteiger partial charge is 0.325 e. The van der Waals surface area contributed by atoms with Crippen molar-refractivity contribution in [2.75, 3.05) is 13.2 Å². The molecule has 1 aromatic carbocycles. The molecule has 1 fully saturated rings. The van der Waals surface area contributed by atoms with Crippen molar-refractivity contribution in [3.05, 3.63) is 35.9 Å². The van der Waals surface area contributed by atoms with Crippen LogP contribution in [0, 0.1) is 5.92 Å². The molecule has 1 saturated carbocycles. The number of rotatable bonds is 6. The number of carbonyl (C=O) groups excluding carboxylic acids is 3. The van der Waals surface area contributed by atoms with Crippen molar-refractivity contribution in [1.29, 1.82) is 0 Å². The summed E-state index contributed by atoms with van der Waals surface area (Å²) in [6.45, 7) is 1.64. The van der Waals surface area contributed by atoms with E-state index in [1.165, 1.54) is 0 Å². The Balaban J connectivity index is 1.62. The molecular weight excluding hydrogens is 308 g/mol. The molecule has 130 valence electrons. The quantitative estimate of drug-likeness (QED) is 0.776. The Bertz CT molecular complexity index is 566. The lowest BCUT2D eigenvalue weighted by Crippen LogP contribution is -2.40. The Morgan fingerprint density at radius 1 is 1.08 bits per heavy atom. The first-order valence-electron chi connectivity index (χ1n) is 8.33. The van der Waals surface area contributed by atoms with Gasteiger partial charge < -0.3 is 15.4 Å². The highest BCUT2D eigenvalue weighted by Crippen LogP contribution is 2.23. The fraction of sp³-hybridized carbons (Fsp3) is 0.500.